The van der Waals surface area contributed by atoms with E-state index < -0.39 is 0 Å². The average Bonchev–Trinajstić information content (AvgIpc) is 2.34. The van der Waals surface area contributed by atoms with Crippen LogP contribution in [0, 0.1) is 0 Å². The van der Waals surface area contributed by atoms with Crippen molar-refractivity contribution >= 4 is 23.6 Å². The molecule has 0 fully saturated rings. The Morgan fingerprint density at radius 2 is 2.00 bits per heavy atom. The number of halogens is 1. The third kappa shape index (κ3) is 5.05. The summed E-state index contributed by atoms with van der Waals surface area (Å²) in [6.07, 6.45) is 5.54. The molecule has 0 saturated heterocycles. The Morgan fingerprint density at radius 1 is 1.35 bits per heavy atom. The molecule has 0 bridgehead atoms. The summed E-state index contributed by atoms with van der Waals surface area (Å²) >= 11 is 5.78. The molecular formula is C14H18ClNO. The molecule has 2 nitrogen and oxygen atoms in total. The van der Waals surface area contributed by atoms with E-state index in [1.165, 1.54) is 0 Å². The predicted octanol–water partition coefficient (Wildman–Crippen LogP) is 3.61. The van der Waals surface area contributed by atoms with Crippen molar-refractivity contribution in [2.45, 2.75) is 19.8 Å². The second-order valence-electron chi connectivity index (χ2n) is 4.00. The Hall–Kier alpha value is -1.28. The highest BCUT2D eigenvalue weighted by molar-refractivity contribution is 6.30. The van der Waals surface area contributed by atoms with Crippen molar-refractivity contribution in [3.05, 3.63) is 40.9 Å². The highest BCUT2D eigenvalue weighted by Gasteiger charge is 2.02. The fourth-order valence-corrected chi connectivity index (χ4v) is 1.50. The lowest BCUT2D eigenvalue weighted by Gasteiger charge is -2.13. The molecule has 0 aromatic heterocycles. The number of nitrogens with zero attached hydrogens (tertiary/aromatic N) is 1. The number of rotatable bonds is 5. The number of carbonyl (C=O) groups is 1. The Kier molecular flexibility index (Phi) is 5.78. The van der Waals surface area contributed by atoms with E-state index >= 15 is 0 Å². The van der Waals surface area contributed by atoms with Crippen LogP contribution in [0.3, 0.4) is 0 Å². The lowest BCUT2D eigenvalue weighted by molar-refractivity contribution is -0.124. The molecule has 0 radical (unpaired) electrons. The van der Waals surface area contributed by atoms with Crippen LogP contribution in [-0.4, -0.2) is 24.4 Å². The van der Waals surface area contributed by atoms with Crippen molar-refractivity contribution in [1.82, 2.24) is 4.90 Å². The first-order valence-corrected chi connectivity index (χ1v) is 6.20. The van der Waals surface area contributed by atoms with E-state index in [9.17, 15) is 4.79 Å². The van der Waals surface area contributed by atoms with Gasteiger partial charge >= 0.3 is 0 Å². The Bertz CT molecular complexity index is 384. The van der Waals surface area contributed by atoms with E-state index in [1.54, 1.807) is 17.1 Å². The molecule has 0 aliphatic carbocycles. The number of hydrogen-bond acceptors (Lipinski definition) is 1. The van der Waals surface area contributed by atoms with Crippen molar-refractivity contribution in [2.75, 3.05) is 13.6 Å². The molecule has 3 heteroatoms. The van der Waals surface area contributed by atoms with Gasteiger partial charge in [0.15, 0.2) is 0 Å². The van der Waals surface area contributed by atoms with Crippen LogP contribution in [0.4, 0.5) is 0 Å². The van der Waals surface area contributed by atoms with Crippen LogP contribution < -0.4 is 0 Å². The first-order valence-electron chi connectivity index (χ1n) is 5.82. The van der Waals surface area contributed by atoms with Gasteiger partial charge in [-0.15, -0.1) is 0 Å². The van der Waals surface area contributed by atoms with Gasteiger partial charge in [0.2, 0.25) is 5.91 Å². The molecule has 1 aromatic carbocycles. The zero-order valence-corrected chi connectivity index (χ0v) is 11.1. The number of carbonyl (C=O) groups excluding carboxylic acids is 1. The van der Waals surface area contributed by atoms with E-state index in [1.807, 2.05) is 31.3 Å². The summed E-state index contributed by atoms with van der Waals surface area (Å²) in [7, 11) is 1.82. The van der Waals surface area contributed by atoms with E-state index in [4.69, 9.17) is 11.6 Å². The van der Waals surface area contributed by atoms with Gasteiger partial charge in [0.1, 0.15) is 0 Å². The van der Waals surface area contributed by atoms with Gasteiger partial charge in [-0.1, -0.05) is 37.1 Å². The topological polar surface area (TPSA) is 20.3 Å². The standard InChI is InChI=1S/C14H18ClNO/c1-3-4-11-16(2)14(17)10-7-12-5-8-13(15)9-6-12/h5-10H,3-4,11H2,1-2H3/b10-7+. The van der Waals surface area contributed by atoms with Gasteiger partial charge in [0.05, 0.1) is 0 Å². The molecule has 0 aliphatic heterocycles. The minimum atomic E-state index is 0.0356. The summed E-state index contributed by atoms with van der Waals surface area (Å²) in [5.41, 5.74) is 0.978. The molecule has 1 aromatic rings. The highest BCUT2D eigenvalue weighted by Crippen LogP contribution is 2.10. The molecule has 0 spiro atoms. The summed E-state index contributed by atoms with van der Waals surface area (Å²) in [5, 5.41) is 0.702. The molecular weight excluding hydrogens is 234 g/mol. The second-order valence-corrected chi connectivity index (χ2v) is 4.43. The summed E-state index contributed by atoms with van der Waals surface area (Å²) < 4.78 is 0. The van der Waals surface area contributed by atoms with E-state index in [0.717, 1.165) is 24.9 Å². The van der Waals surface area contributed by atoms with Gasteiger partial charge in [0.25, 0.3) is 0 Å². The van der Waals surface area contributed by atoms with Crippen LogP contribution in [0.15, 0.2) is 30.3 Å². The highest BCUT2D eigenvalue weighted by atomic mass is 35.5. The van der Waals surface area contributed by atoms with Crippen molar-refractivity contribution in [3.8, 4) is 0 Å². The van der Waals surface area contributed by atoms with E-state index in [2.05, 4.69) is 6.92 Å². The molecule has 92 valence electrons. The van der Waals surface area contributed by atoms with Crippen LogP contribution in [0.1, 0.15) is 25.3 Å². The lowest BCUT2D eigenvalue weighted by Crippen LogP contribution is -2.25. The van der Waals surface area contributed by atoms with Gasteiger partial charge in [-0.2, -0.15) is 0 Å². The van der Waals surface area contributed by atoms with E-state index in [0.29, 0.717) is 5.02 Å². The maximum Gasteiger partial charge on any atom is 0.246 e. The fraction of sp³-hybridized carbons (Fsp3) is 0.357. The van der Waals surface area contributed by atoms with Crippen molar-refractivity contribution in [3.63, 3.8) is 0 Å². The summed E-state index contributed by atoms with van der Waals surface area (Å²) in [4.78, 5) is 13.4. The fourth-order valence-electron chi connectivity index (χ4n) is 1.37. The van der Waals surface area contributed by atoms with E-state index in [-0.39, 0.29) is 5.91 Å². The minimum Gasteiger partial charge on any atom is -0.342 e. The maximum absolute atomic E-state index is 11.7. The predicted molar refractivity (Wildman–Crippen MR) is 73.0 cm³/mol. The number of hydrogen-bond donors (Lipinski definition) is 0. The first-order chi connectivity index (χ1) is 8.13. The van der Waals surface area contributed by atoms with Crippen molar-refractivity contribution < 1.29 is 4.79 Å². The molecule has 0 heterocycles. The number of likely N-dealkylation sites (N-methyl/N-ethyl adjacent to an activating group) is 1. The lowest BCUT2D eigenvalue weighted by atomic mass is 10.2. The van der Waals surface area contributed by atoms with Gasteiger partial charge in [0, 0.05) is 24.7 Å². The Morgan fingerprint density at radius 3 is 2.59 bits per heavy atom. The SMILES string of the molecule is CCCCN(C)C(=O)/C=C/c1ccc(Cl)cc1. The van der Waals surface area contributed by atoms with Crippen LogP contribution in [0.25, 0.3) is 6.08 Å². The number of benzene rings is 1. The Balaban J connectivity index is 2.52. The van der Waals surface area contributed by atoms with Gasteiger partial charge < -0.3 is 4.90 Å². The van der Waals surface area contributed by atoms with Crippen molar-refractivity contribution in [1.29, 1.82) is 0 Å². The van der Waals surface area contributed by atoms with Gasteiger partial charge in [-0.25, -0.2) is 0 Å². The normalized spacial score (nSPS) is 10.8. The largest absolute Gasteiger partial charge is 0.342 e. The molecule has 0 N–H and O–H groups in total. The van der Waals surface area contributed by atoms with Crippen LogP contribution in [0.2, 0.25) is 5.02 Å². The van der Waals surface area contributed by atoms with Crippen LogP contribution in [0.5, 0.6) is 0 Å². The Labute approximate surface area is 108 Å². The van der Waals surface area contributed by atoms with Crippen molar-refractivity contribution in [2.24, 2.45) is 0 Å². The number of unbranched alkanes of at least 4 members (excludes halogenated alkanes) is 1. The third-order valence-electron chi connectivity index (χ3n) is 2.51. The van der Waals surface area contributed by atoms with Gasteiger partial charge in [-0.3, -0.25) is 4.79 Å². The third-order valence-corrected chi connectivity index (χ3v) is 2.76. The minimum absolute atomic E-state index is 0.0356. The van der Waals surface area contributed by atoms with Crippen LogP contribution in [-0.2, 0) is 4.79 Å². The molecule has 0 atom stereocenters. The smallest absolute Gasteiger partial charge is 0.246 e. The van der Waals surface area contributed by atoms with Gasteiger partial charge in [-0.05, 0) is 30.2 Å². The maximum atomic E-state index is 11.7. The molecule has 0 saturated carbocycles. The second kappa shape index (κ2) is 7.13. The zero-order valence-electron chi connectivity index (χ0n) is 10.3. The summed E-state index contributed by atoms with van der Waals surface area (Å²) in [6, 6.07) is 7.40. The molecule has 1 rings (SSSR count). The molecule has 0 aliphatic rings. The van der Waals surface area contributed by atoms with Crippen LogP contribution >= 0.6 is 11.6 Å². The quantitative estimate of drug-likeness (QED) is 0.732. The average molecular weight is 252 g/mol. The summed E-state index contributed by atoms with van der Waals surface area (Å²) in [5.74, 6) is 0.0356. The molecule has 1 amide bonds. The summed E-state index contributed by atoms with van der Waals surface area (Å²) in [6.45, 7) is 2.92. The number of amides is 1. The zero-order chi connectivity index (χ0) is 12.7. The first kappa shape index (κ1) is 13.8. The molecule has 0 unspecified atom stereocenters. The molecule has 17 heavy (non-hydrogen) atoms. The monoisotopic (exact) mass is 251 g/mol.